The molecule has 1 saturated carbocycles. The van der Waals surface area contributed by atoms with Crippen molar-refractivity contribution in [2.45, 2.75) is 44.9 Å². The number of benzene rings is 3. The molecule has 240 valence electrons. The van der Waals surface area contributed by atoms with E-state index < -0.39 is 29.0 Å². The fourth-order valence-electron chi connectivity index (χ4n) is 4.93. The largest absolute Gasteiger partial charge is 1.00 e. The number of hydrogen-bond acceptors (Lipinski definition) is 8. The summed E-state index contributed by atoms with van der Waals surface area (Å²) in [4.78, 5) is 40.9. The Bertz CT molecular complexity index is 1770. The van der Waals surface area contributed by atoms with E-state index in [0.29, 0.717) is 64.7 Å². The molecule has 0 spiro atoms. The van der Waals surface area contributed by atoms with Crippen molar-refractivity contribution in [2.24, 2.45) is 5.41 Å². The van der Waals surface area contributed by atoms with Gasteiger partial charge in [-0.3, -0.25) is 14.6 Å². The number of unbranched alkanes of at least 4 members (excludes halogenated alkanes) is 3. The number of aliphatic carboxylic acids is 1. The van der Waals surface area contributed by atoms with Gasteiger partial charge in [-0.2, -0.15) is 0 Å². The zero-order chi connectivity index (χ0) is 32.7. The normalized spacial score (nSPS) is 12.8. The van der Waals surface area contributed by atoms with Crippen LogP contribution < -0.4 is 48.8 Å². The third-order valence-electron chi connectivity index (χ3n) is 7.63. The summed E-state index contributed by atoms with van der Waals surface area (Å²) >= 11 is 5.99. The van der Waals surface area contributed by atoms with Crippen molar-refractivity contribution >= 4 is 51.7 Å². The molecule has 4 aromatic rings. The minimum absolute atomic E-state index is 0. The number of rotatable bonds is 15. The number of anilines is 2. The predicted octanol–water partition coefficient (Wildman–Crippen LogP) is 3.27. The second-order valence-electron chi connectivity index (χ2n) is 11.0. The average molecular weight is 656 g/mol. The summed E-state index contributed by atoms with van der Waals surface area (Å²) in [6, 6.07) is 15.7. The van der Waals surface area contributed by atoms with E-state index in [1.807, 2.05) is 0 Å². The van der Waals surface area contributed by atoms with E-state index in [9.17, 15) is 19.5 Å². The molecule has 0 aliphatic heterocycles. The molecule has 13 heteroatoms. The number of pyridine rings is 1. The Hall–Kier alpha value is -4.30. The Morgan fingerprint density at radius 3 is 2.28 bits per heavy atom. The summed E-state index contributed by atoms with van der Waals surface area (Å²) in [6.45, 7) is 0.408. The molecule has 0 unspecified atom stereocenters. The molecular weight excluding hydrogens is 624 g/mol. The van der Waals surface area contributed by atoms with Crippen LogP contribution in [0.2, 0.25) is 5.02 Å². The predicted molar refractivity (Wildman–Crippen MR) is 169 cm³/mol. The Balaban J connectivity index is 0.00000500. The van der Waals surface area contributed by atoms with E-state index in [-0.39, 0.29) is 36.7 Å². The van der Waals surface area contributed by atoms with Gasteiger partial charge in [0.05, 0.1) is 19.2 Å². The van der Waals surface area contributed by atoms with Crippen molar-refractivity contribution in [1.82, 2.24) is 4.98 Å². The van der Waals surface area contributed by atoms with Crippen molar-refractivity contribution in [2.75, 3.05) is 24.4 Å². The van der Waals surface area contributed by atoms with E-state index in [1.165, 1.54) is 25.4 Å². The molecule has 1 fully saturated rings. The van der Waals surface area contributed by atoms with Crippen LogP contribution in [0.15, 0.2) is 66.9 Å². The van der Waals surface area contributed by atoms with Crippen LogP contribution >= 0.6 is 11.6 Å². The zero-order valence-electron chi connectivity index (χ0n) is 26.1. The Morgan fingerprint density at radius 2 is 1.62 bits per heavy atom. The van der Waals surface area contributed by atoms with Crippen LogP contribution in [0.3, 0.4) is 0 Å². The first kappa shape index (κ1) is 35.5. The zero-order valence-corrected chi connectivity index (χ0v) is 26.8. The molecule has 2 amide bonds. The van der Waals surface area contributed by atoms with Gasteiger partial charge < -0.3 is 34.7 Å². The number of nitrogens with one attached hydrogen (secondary N) is 2. The Morgan fingerprint density at radius 1 is 0.894 bits per heavy atom. The number of halogens is 2. The maximum absolute atomic E-state index is 15.2. The van der Waals surface area contributed by atoms with Crippen LogP contribution in [-0.4, -0.2) is 36.5 Å². The van der Waals surface area contributed by atoms with Crippen LogP contribution in [0, 0.1) is 11.2 Å². The molecule has 5 rings (SSSR count). The maximum Gasteiger partial charge on any atom is 1.00 e. The van der Waals surface area contributed by atoms with Crippen LogP contribution in [0.5, 0.6) is 23.0 Å². The van der Waals surface area contributed by atoms with Crippen LogP contribution in [0.4, 0.5) is 15.8 Å². The molecule has 1 aliphatic carbocycles. The van der Waals surface area contributed by atoms with Crippen molar-refractivity contribution in [3.05, 3.63) is 77.7 Å². The maximum atomic E-state index is 15.2. The smallest absolute Gasteiger partial charge is 0.550 e. The fourth-order valence-corrected chi connectivity index (χ4v) is 5.12. The van der Waals surface area contributed by atoms with E-state index in [0.717, 1.165) is 25.3 Å². The number of ether oxygens (including phenoxy) is 3. The third kappa shape index (κ3) is 8.95. The van der Waals surface area contributed by atoms with Gasteiger partial charge in [0.15, 0.2) is 23.1 Å². The minimum atomic E-state index is -1.24. The SMILES string of the molecule is COc1cc2c(Oc3ccc(NC(=O)C4(C(=O)Nc5cccc(Cl)c5)CC4)cc3F)ccnc2cc1OCCCCCCC(=O)[O-].[Li+]. The molecule has 3 aromatic carbocycles. The number of hydrogen-bond donors (Lipinski definition) is 2. The topological polar surface area (TPSA) is 139 Å². The number of carbonyl (C=O) groups excluding carboxylic acids is 3. The fraction of sp³-hybridized carbons (Fsp3) is 0.294. The summed E-state index contributed by atoms with van der Waals surface area (Å²) in [5.74, 6) is -1.58. The Labute approximate surface area is 288 Å². The number of carboxylic acids is 1. The van der Waals surface area contributed by atoms with Crippen molar-refractivity contribution in [3.63, 3.8) is 0 Å². The van der Waals surface area contributed by atoms with Crippen molar-refractivity contribution in [1.29, 1.82) is 0 Å². The first-order valence-corrected chi connectivity index (χ1v) is 15.2. The van der Waals surface area contributed by atoms with Crippen molar-refractivity contribution in [3.8, 4) is 23.0 Å². The molecule has 0 bridgehead atoms. The van der Waals surface area contributed by atoms with Gasteiger partial charge >= 0.3 is 18.9 Å². The molecule has 10 nitrogen and oxygen atoms in total. The number of aromatic nitrogens is 1. The number of carboxylic acid groups (broad SMARTS) is 1. The number of fused-ring (bicyclic) bond motifs is 1. The average Bonchev–Trinajstić information content (AvgIpc) is 3.84. The number of methoxy groups -OCH3 is 1. The number of carbonyl (C=O) groups is 3. The quantitative estimate of drug-likeness (QED) is 0.113. The van der Waals surface area contributed by atoms with Gasteiger partial charge in [-0.15, -0.1) is 0 Å². The summed E-state index contributed by atoms with van der Waals surface area (Å²) < 4.78 is 32.6. The molecule has 2 N–H and O–H groups in total. The van der Waals surface area contributed by atoms with E-state index in [2.05, 4.69) is 15.6 Å². The second kappa shape index (κ2) is 16.0. The molecule has 0 atom stereocenters. The van der Waals surface area contributed by atoms with Crippen LogP contribution in [0.25, 0.3) is 10.9 Å². The summed E-state index contributed by atoms with van der Waals surface area (Å²) in [6.07, 6.45) is 5.19. The van der Waals surface area contributed by atoms with E-state index in [4.69, 9.17) is 25.8 Å². The molecule has 1 aromatic heterocycles. The Kier molecular flexibility index (Phi) is 12.1. The number of nitrogens with zero attached hydrogens (tertiary/aromatic N) is 1. The summed E-state index contributed by atoms with van der Waals surface area (Å²) in [7, 11) is 1.50. The van der Waals surface area contributed by atoms with Crippen molar-refractivity contribution < 1.29 is 57.0 Å². The van der Waals surface area contributed by atoms with Crippen LogP contribution in [0.1, 0.15) is 44.9 Å². The molecule has 1 heterocycles. The third-order valence-corrected chi connectivity index (χ3v) is 7.87. The van der Waals surface area contributed by atoms with Crippen LogP contribution in [-0.2, 0) is 14.4 Å². The summed E-state index contributed by atoms with van der Waals surface area (Å²) in [5.41, 5.74) is -0.0455. The molecular formula is C34H32ClFLiN3O7. The van der Waals surface area contributed by atoms with E-state index >= 15 is 4.39 Å². The molecule has 0 saturated heterocycles. The molecule has 47 heavy (non-hydrogen) atoms. The standard InChI is InChI=1S/C34H33ClFN3O7.Li/c1-44-29-19-24-26(20-30(29)45-16-5-3-2-4-9-31(40)41)37-15-12-27(24)46-28-11-10-23(18-25(28)36)39-33(43)34(13-14-34)32(42)38-22-8-6-7-21(35)17-22;/h6-8,10-12,15,17-20H,2-5,9,13-14,16H2,1H3,(H,38,42)(H,39,43)(H,40,41);/q;+1/p-1. The molecule has 0 radical (unpaired) electrons. The van der Waals surface area contributed by atoms with E-state index in [1.54, 1.807) is 42.5 Å². The monoisotopic (exact) mass is 655 g/mol. The van der Waals surface area contributed by atoms with Gasteiger partial charge in [0.25, 0.3) is 0 Å². The first-order valence-electron chi connectivity index (χ1n) is 14.8. The van der Waals surface area contributed by atoms with Gasteiger partial charge in [-0.1, -0.05) is 30.5 Å². The van der Waals surface area contributed by atoms with Gasteiger partial charge in [0, 0.05) is 46.1 Å². The first-order chi connectivity index (χ1) is 22.2. The summed E-state index contributed by atoms with van der Waals surface area (Å²) in [5, 5.41) is 16.9. The minimum Gasteiger partial charge on any atom is -0.550 e. The van der Waals surface area contributed by atoms with Gasteiger partial charge in [0.1, 0.15) is 11.2 Å². The molecule has 1 aliphatic rings. The van der Waals surface area contributed by atoms with Gasteiger partial charge in [-0.05, 0) is 74.6 Å². The van der Waals surface area contributed by atoms with Gasteiger partial charge in [0.2, 0.25) is 11.8 Å². The van der Waals surface area contributed by atoms with Gasteiger partial charge in [-0.25, -0.2) is 4.39 Å². The second-order valence-corrected chi connectivity index (χ2v) is 11.4. The number of amides is 2.